The van der Waals surface area contributed by atoms with Crippen molar-refractivity contribution >= 4 is 23.3 Å². The van der Waals surface area contributed by atoms with Gasteiger partial charge in [0.25, 0.3) is 5.91 Å². The van der Waals surface area contributed by atoms with E-state index in [9.17, 15) is 9.59 Å². The fraction of sp³-hybridized carbons (Fsp3) is 0.364. The van der Waals surface area contributed by atoms with Gasteiger partial charge in [-0.25, -0.2) is 4.79 Å². The molecule has 2 aromatic carbocycles. The molecule has 0 atom stereocenters. The Morgan fingerprint density at radius 2 is 1.78 bits per heavy atom. The number of carbonyl (C=O) groups excluding carboxylic acids is 2. The van der Waals surface area contributed by atoms with Crippen molar-refractivity contribution in [3.05, 3.63) is 59.7 Å². The maximum absolute atomic E-state index is 13.4. The molecule has 2 aliphatic rings. The van der Waals surface area contributed by atoms with Gasteiger partial charge in [0, 0.05) is 11.4 Å². The van der Waals surface area contributed by atoms with Crippen LogP contribution in [0.3, 0.4) is 0 Å². The molecule has 1 N–H and O–H groups in total. The molecule has 27 heavy (non-hydrogen) atoms. The van der Waals surface area contributed by atoms with Crippen molar-refractivity contribution < 1.29 is 14.3 Å². The summed E-state index contributed by atoms with van der Waals surface area (Å²) in [5.41, 5.74) is 2.48. The Kier molecular flexibility index (Phi) is 4.60. The van der Waals surface area contributed by atoms with Crippen molar-refractivity contribution in [2.24, 2.45) is 0 Å². The second-order valence-corrected chi connectivity index (χ2v) is 7.17. The highest BCUT2D eigenvalue weighted by Crippen LogP contribution is 2.42. The predicted molar refractivity (Wildman–Crippen MR) is 105 cm³/mol. The Hall–Kier alpha value is -2.82. The lowest BCUT2D eigenvalue weighted by atomic mass is 9.84. The number of anilines is 2. The van der Waals surface area contributed by atoms with Gasteiger partial charge in [-0.05, 0) is 69.0 Å². The van der Waals surface area contributed by atoms with Crippen LogP contribution in [0.2, 0.25) is 0 Å². The second-order valence-electron chi connectivity index (χ2n) is 7.17. The molecule has 1 saturated carbocycles. The number of benzene rings is 2. The van der Waals surface area contributed by atoms with E-state index >= 15 is 0 Å². The molecule has 5 heteroatoms. The molecule has 1 fully saturated rings. The van der Waals surface area contributed by atoms with Crippen LogP contribution in [0.5, 0.6) is 0 Å². The second kappa shape index (κ2) is 7.06. The normalized spacial score (nSPS) is 18.0. The topological polar surface area (TPSA) is 58.6 Å². The monoisotopic (exact) mass is 364 g/mol. The van der Waals surface area contributed by atoms with Crippen molar-refractivity contribution in [3.63, 3.8) is 0 Å². The number of carbonyl (C=O) groups is 2. The number of hydrogen-bond acceptors (Lipinski definition) is 4. The van der Waals surface area contributed by atoms with Gasteiger partial charge in [-0.1, -0.05) is 18.6 Å². The zero-order valence-corrected chi connectivity index (χ0v) is 15.5. The van der Waals surface area contributed by atoms with E-state index in [2.05, 4.69) is 5.32 Å². The summed E-state index contributed by atoms with van der Waals surface area (Å²) in [6, 6.07) is 14.8. The Morgan fingerprint density at radius 1 is 1.07 bits per heavy atom. The molecule has 1 aliphatic heterocycles. The summed E-state index contributed by atoms with van der Waals surface area (Å²) in [7, 11) is 0. The molecule has 1 spiro atoms. The molecule has 0 saturated heterocycles. The predicted octanol–water partition coefficient (Wildman–Crippen LogP) is 4.60. The quantitative estimate of drug-likeness (QED) is 0.809. The van der Waals surface area contributed by atoms with Gasteiger partial charge in [0.2, 0.25) is 0 Å². The summed E-state index contributed by atoms with van der Waals surface area (Å²) in [4.78, 5) is 27.2. The SMILES string of the molecule is CCOC(=O)c1ccc(N2C(=O)c3ccccc3NC23CCCCC3)cc1. The fourth-order valence-electron chi connectivity index (χ4n) is 4.21. The van der Waals surface area contributed by atoms with Gasteiger partial charge in [-0.15, -0.1) is 0 Å². The highest BCUT2D eigenvalue weighted by molar-refractivity contribution is 6.13. The summed E-state index contributed by atoms with van der Waals surface area (Å²) >= 11 is 0. The summed E-state index contributed by atoms with van der Waals surface area (Å²) in [6.45, 7) is 2.13. The first-order valence-corrected chi connectivity index (χ1v) is 9.63. The molecular formula is C22H24N2O3. The average Bonchev–Trinajstić information content (AvgIpc) is 2.69. The number of fused-ring (bicyclic) bond motifs is 1. The minimum absolute atomic E-state index is 0.00938. The van der Waals surface area contributed by atoms with E-state index in [1.807, 2.05) is 41.3 Å². The molecule has 0 radical (unpaired) electrons. The van der Waals surface area contributed by atoms with Gasteiger partial charge in [-0.2, -0.15) is 0 Å². The van der Waals surface area contributed by atoms with Crippen LogP contribution < -0.4 is 10.2 Å². The molecule has 1 aliphatic carbocycles. The third-order valence-electron chi connectivity index (χ3n) is 5.47. The van der Waals surface area contributed by atoms with E-state index in [-0.39, 0.29) is 11.9 Å². The standard InChI is InChI=1S/C22H24N2O3/c1-2-27-21(26)16-10-12-17(13-11-16)24-20(25)18-8-4-5-9-19(18)23-22(24)14-6-3-7-15-22/h4-5,8-13,23H,2-3,6-7,14-15H2,1H3. The van der Waals surface area contributed by atoms with Gasteiger partial charge in [0.15, 0.2) is 0 Å². The van der Waals surface area contributed by atoms with E-state index in [1.165, 1.54) is 6.42 Å². The average molecular weight is 364 g/mol. The highest BCUT2D eigenvalue weighted by Gasteiger charge is 2.45. The molecular weight excluding hydrogens is 340 g/mol. The molecule has 0 aromatic heterocycles. The lowest BCUT2D eigenvalue weighted by molar-refractivity contribution is 0.0526. The zero-order valence-electron chi connectivity index (χ0n) is 15.5. The van der Waals surface area contributed by atoms with Crippen molar-refractivity contribution in [1.29, 1.82) is 0 Å². The molecule has 4 rings (SSSR count). The molecule has 2 aromatic rings. The number of ether oxygens (including phenoxy) is 1. The number of esters is 1. The van der Waals surface area contributed by atoms with Crippen LogP contribution in [-0.4, -0.2) is 24.1 Å². The van der Waals surface area contributed by atoms with E-state index < -0.39 is 5.66 Å². The third kappa shape index (κ3) is 3.07. The van der Waals surface area contributed by atoms with Crippen LogP contribution in [0.15, 0.2) is 48.5 Å². The molecule has 0 bridgehead atoms. The summed E-state index contributed by atoms with van der Waals surface area (Å²) in [5, 5.41) is 3.66. The van der Waals surface area contributed by atoms with Crippen LogP contribution >= 0.6 is 0 Å². The molecule has 0 unspecified atom stereocenters. The maximum atomic E-state index is 13.4. The largest absolute Gasteiger partial charge is 0.462 e. The fourth-order valence-corrected chi connectivity index (χ4v) is 4.21. The zero-order chi connectivity index (χ0) is 18.9. The van der Waals surface area contributed by atoms with Gasteiger partial charge >= 0.3 is 5.97 Å². The molecule has 5 nitrogen and oxygen atoms in total. The maximum Gasteiger partial charge on any atom is 0.338 e. The van der Waals surface area contributed by atoms with Gasteiger partial charge in [-0.3, -0.25) is 9.69 Å². The van der Waals surface area contributed by atoms with Gasteiger partial charge < -0.3 is 10.1 Å². The van der Waals surface area contributed by atoms with Crippen LogP contribution in [0.25, 0.3) is 0 Å². The smallest absolute Gasteiger partial charge is 0.338 e. The summed E-state index contributed by atoms with van der Waals surface area (Å²) in [5.74, 6) is -0.333. The van der Waals surface area contributed by atoms with Crippen LogP contribution in [0.4, 0.5) is 11.4 Å². The minimum atomic E-state index is -0.408. The molecule has 1 heterocycles. The third-order valence-corrected chi connectivity index (χ3v) is 5.47. The van der Waals surface area contributed by atoms with Gasteiger partial charge in [0.05, 0.1) is 17.7 Å². The Morgan fingerprint density at radius 3 is 2.48 bits per heavy atom. The lowest BCUT2D eigenvalue weighted by Crippen LogP contribution is -2.61. The first-order chi connectivity index (χ1) is 13.1. The number of para-hydroxylation sites is 1. The van der Waals surface area contributed by atoms with Crippen molar-refractivity contribution in [2.45, 2.75) is 44.7 Å². The molecule has 140 valence electrons. The number of amides is 1. The Bertz CT molecular complexity index is 854. The highest BCUT2D eigenvalue weighted by atomic mass is 16.5. The van der Waals surface area contributed by atoms with E-state index in [0.29, 0.717) is 17.7 Å². The van der Waals surface area contributed by atoms with Crippen molar-refractivity contribution in [2.75, 3.05) is 16.8 Å². The van der Waals surface area contributed by atoms with E-state index in [4.69, 9.17) is 4.74 Å². The Labute approximate surface area is 159 Å². The summed E-state index contributed by atoms with van der Waals surface area (Å²) in [6.07, 6.45) is 5.17. The first kappa shape index (κ1) is 17.6. The van der Waals surface area contributed by atoms with Gasteiger partial charge in [0.1, 0.15) is 5.66 Å². The number of nitrogens with zero attached hydrogens (tertiary/aromatic N) is 1. The van der Waals surface area contributed by atoms with E-state index in [0.717, 1.165) is 37.1 Å². The minimum Gasteiger partial charge on any atom is -0.462 e. The van der Waals surface area contributed by atoms with E-state index in [1.54, 1.807) is 19.1 Å². The molecule has 1 amide bonds. The lowest BCUT2D eigenvalue weighted by Gasteiger charge is -2.50. The Balaban J connectivity index is 1.74. The summed E-state index contributed by atoms with van der Waals surface area (Å²) < 4.78 is 5.06. The van der Waals surface area contributed by atoms with Crippen molar-refractivity contribution in [1.82, 2.24) is 0 Å². The number of nitrogens with one attached hydrogen (secondary N) is 1. The van der Waals surface area contributed by atoms with Crippen LogP contribution in [-0.2, 0) is 4.74 Å². The number of rotatable bonds is 3. The van der Waals surface area contributed by atoms with Crippen LogP contribution in [0, 0.1) is 0 Å². The number of hydrogen-bond donors (Lipinski definition) is 1. The first-order valence-electron chi connectivity index (χ1n) is 9.63. The van der Waals surface area contributed by atoms with Crippen LogP contribution in [0.1, 0.15) is 59.7 Å². The van der Waals surface area contributed by atoms with Crippen molar-refractivity contribution in [3.8, 4) is 0 Å².